The molecule has 1 aromatic carbocycles. The number of nitrogens with one attached hydrogen (secondary N) is 2. The van der Waals surface area contributed by atoms with Gasteiger partial charge >= 0.3 is 0 Å². The predicted molar refractivity (Wildman–Crippen MR) is 86.6 cm³/mol. The molecule has 0 radical (unpaired) electrons. The molecule has 0 aliphatic carbocycles. The molecule has 0 unspecified atom stereocenters. The lowest BCUT2D eigenvalue weighted by atomic mass is 10.2. The Labute approximate surface area is 148 Å². The quantitative estimate of drug-likeness (QED) is 0.730. The van der Waals surface area contributed by atoms with E-state index in [1.54, 1.807) is 4.90 Å². The Morgan fingerprint density at radius 2 is 1.65 bits per heavy atom. The zero-order chi connectivity index (χ0) is 19.3. The van der Waals surface area contributed by atoms with Gasteiger partial charge in [-0.05, 0) is 12.1 Å². The molecule has 3 amide bonds. The molecule has 1 saturated heterocycles. The van der Waals surface area contributed by atoms with Gasteiger partial charge in [-0.25, -0.2) is 13.2 Å². The number of halogens is 3. The summed E-state index contributed by atoms with van der Waals surface area (Å²) in [6.07, 6.45) is 0. The van der Waals surface area contributed by atoms with Crippen molar-refractivity contribution in [2.75, 3.05) is 44.6 Å². The van der Waals surface area contributed by atoms with E-state index in [1.165, 1.54) is 6.92 Å². The minimum atomic E-state index is -1.68. The third kappa shape index (κ3) is 5.19. The van der Waals surface area contributed by atoms with Gasteiger partial charge in [0.05, 0.1) is 18.8 Å². The Morgan fingerprint density at radius 3 is 2.27 bits per heavy atom. The van der Waals surface area contributed by atoms with Crippen LogP contribution < -0.4 is 10.6 Å². The van der Waals surface area contributed by atoms with Crippen LogP contribution in [0, 0.1) is 17.5 Å². The average molecular weight is 372 g/mol. The third-order valence-electron chi connectivity index (χ3n) is 3.94. The van der Waals surface area contributed by atoms with Gasteiger partial charge in [-0.3, -0.25) is 19.3 Å². The van der Waals surface area contributed by atoms with Crippen LogP contribution in [0.4, 0.5) is 18.9 Å². The first-order chi connectivity index (χ1) is 12.3. The Morgan fingerprint density at radius 1 is 1.00 bits per heavy atom. The molecule has 26 heavy (non-hydrogen) atoms. The topological polar surface area (TPSA) is 81.8 Å². The number of piperazine rings is 1. The maximum Gasteiger partial charge on any atom is 0.243 e. The van der Waals surface area contributed by atoms with Crippen molar-refractivity contribution in [3.05, 3.63) is 29.6 Å². The Hall–Kier alpha value is -2.62. The fourth-order valence-corrected chi connectivity index (χ4v) is 2.48. The summed E-state index contributed by atoms with van der Waals surface area (Å²) in [6, 6.07) is 1.58. The molecule has 1 aliphatic heterocycles. The monoisotopic (exact) mass is 372 g/mol. The van der Waals surface area contributed by atoms with E-state index < -0.39 is 41.5 Å². The maximum absolute atomic E-state index is 13.5. The second-order valence-electron chi connectivity index (χ2n) is 5.83. The molecule has 0 saturated carbocycles. The number of carbonyl (C=O) groups is 3. The fourth-order valence-electron chi connectivity index (χ4n) is 2.48. The largest absolute Gasteiger partial charge is 0.346 e. The first-order valence-electron chi connectivity index (χ1n) is 7.96. The molecule has 2 N–H and O–H groups in total. The van der Waals surface area contributed by atoms with E-state index in [9.17, 15) is 27.6 Å². The van der Waals surface area contributed by atoms with Crippen LogP contribution in [0.3, 0.4) is 0 Å². The van der Waals surface area contributed by atoms with Crippen LogP contribution in [0.5, 0.6) is 0 Å². The highest BCUT2D eigenvalue weighted by Crippen LogP contribution is 2.19. The highest BCUT2D eigenvalue weighted by molar-refractivity contribution is 5.94. The van der Waals surface area contributed by atoms with Crippen molar-refractivity contribution in [2.24, 2.45) is 0 Å². The molecule has 0 atom stereocenters. The normalized spacial score (nSPS) is 14.8. The van der Waals surface area contributed by atoms with Gasteiger partial charge in [-0.15, -0.1) is 0 Å². The molecule has 1 aromatic rings. The average Bonchev–Trinajstić information content (AvgIpc) is 2.61. The van der Waals surface area contributed by atoms with Gasteiger partial charge in [-0.2, -0.15) is 0 Å². The number of hydrogen-bond acceptors (Lipinski definition) is 4. The second kappa shape index (κ2) is 8.65. The molecule has 7 nitrogen and oxygen atoms in total. The summed E-state index contributed by atoms with van der Waals surface area (Å²) in [5.74, 6) is -5.76. The molecule has 0 bridgehead atoms. The van der Waals surface area contributed by atoms with Crippen molar-refractivity contribution in [3.63, 3.8) is 0 Å². The van der Waals surface area contributed by atoms with Crippen molar-refractivity contribution in [3.8, 4) is 0 Å². The number of hydrogen-bond donors (Lipinski definition) is 2. The van der Waals surface area contributed by atoms with E-state index in [0.29, 0.717) is 32.2 Å². The van der Waals surface area contributed by atoms with Gasteiger partial charge in [0.2, 0.25) is 17.7 Å². The van der Waals surface area contributed by atoms with Crippen LogP contribution in [-0.4, -0.2) is 66.8 Å². The Balaban J connectivity index is 1.75. The number of nitrogens with zero attached hydrogens (tertiary/aromatic N) is 2. The number of rotatable bonds is 5. The van der Waals surface area contributed by atoms with Crippen molar-refractivity contribution < 1.29 is 27.6 Å². The van der Waals surface area contributed by atoms with Crippen molar-refractivity contribution in [1.82, 2.24) is 15.1 Å². The van der Waals surface area contributed by atoms with E-state index in [4.69, 9.17) is 0 Å². The van der Waals surface area contributed by atoms with E-state index in [-0.39, 0.29) is 12.5 Å². The van der Waals surface area contributed by atoms with E-state index >= 15 is 0 Å². The Kier molecular flexibility index (Phi) is 6.56. The number of carbonyl (C=O) groups excluding carboxylic acids is 3. The lowest BCUT2D eigenvalue weighted by Gasteiger charge is -2.33. The number of anilines is 1. The molecule has 1 fully saturated rings. The highest BCUT2D eigenvalue weighted by Gasteiger charge is 2.20. The summed E-state index contributed by atoms with van der Waals surface area (Å²) in [7, 11) is 0. The lowest BCUT2D eigenvalue weighted by Crippen LogP contribution is -2.51. The highest BCUT2D eigenvalue weighted by atomic mass is 19.2. The third-order valence-corrected chi connectivity index (χ3v) is 3.94. The first kappa shape index (κ1) is 19.7. The molecule has 0 spiro atoms. The van der Waals surface area contributed by atoms with Gasteiger partial charge in [0.25, 0.3) is 0 Å². The van der Waals surface area contributed by atoms with Gasteiger partial charge in [0.1, 0.15) is 0 Å². The predicted octanol–water partition coefficient (Wildman–Crippen LogP) is 0.323. The van der Waals surface area contributed by atoms with Crippen molar-refractivity contribution >= 4 is 23.4 Å². The van der Waals surface area contributed by atoms with Gasteiger partial charge in [0.15, 0.2) is 17.5 Å². The molecule has 142 valence electrons. The molecule has 2 rings (SSSR count). The first-order valence-corrected chi connectivity index (χ1v) is 7.96. The van der Waals surface area contributed by atoms with Crippen LogP contribution in [0.25, 0.3) is 0 Å². The van der Waals surface area contributed by atoms with Crippen LogP contribution in [0.15, 0.2) is 12.1 Å². The zero-order valence-electron chi connectivity index (χ0n) is 14.2. The van der Waals surface area contributed by atoms with E-state index in [1.807, 2.05) is 4.90 Å². The molecular weight excluding hydrogens is 353 g/mol. The summed E-state index contributed by atoms with van der Waals surface area (Å²) in [4.78, 5) is 38.3. The Bertz CT molecular complexity index is 706. The maximum atomic E-state index is 13.5. The lowest BCUT2D eigenvalue weighted by molar-refractivity contribution is -0.131. The van der Waals surface area contributed by atoms with Crippen LogP contribution in [0.2, 0.25) is 0 Å². The van der Waals surface area contributed by atoms with E-state index in [2.05, 4.69) is 10.6 Å². The van der Waals surface area contributed by atoms with E-state index in [0.717, 1.165) is 6.07 Å². The fraction of sp³-hybridized carbons (Fsp3) is 0.438. The van der Waals surface area contributed by atoms with Crippen LogP contribution in [-0.2, 0) is 14.4 Å². The van der Waals surface area contributed by atoms with Gasteiger partial charge in [-0.1, -0.05) is 0 Å². The summed E-state index contributed by atoms with van der Waals surface area (Å²) in [5, 5.41) is 4.43. The molecule has 0 aromatic heterocycles. The number of benzene rings is 1. The van der Waals surface area contributed by atoms with Gasteiger partial charge in [0, 0.05) is 33.1 Å². The minimum absolute atomic E-state index is 0.0183. The van der Waals surface area contributed by atoms with Crippen LogP contribution in [0.1, 0.15) is 6.92 Å². The molecular formula is C16H19F3N4O3. The summed E-state index contributed by atoms with van der Waals surface area (Å²) in [6.45, 7) is 3.23. The summed E-state index contributed by atoms with van der Waals surface area (Å²) >= 11 is 0. The molecule has 1 heterocycles. The zero-order valence-corrected chi connectivity index (χ0v) is 14.2. The SMILES string of the molecule is CC(=O)N1CCN(CC(=O)NCC(=O)Nc2ccc(F)c(F)c2F)CC1. The minimum Gasteiger partial charge on any atom is -0.346 e. The summed E-state index contributed by atoms with van der Waals surface area (Å²) < 4.78 is 39.4. The second-order valence-corrected chi connectivity index (χ2v) is 5.83. The summed E-state index contributed by atoms with van der Waals surface area (Å²) in [5.41, 5.74) is -0.511. The van der Waals surface area contributed by atoms with Crippen molar-refractivity contribution in [1.29, 1.82) is 0 Å². The van der Waals surface area contributed by atoms with Gasteiger partial charge < -0.3 is 15.5 Å². The standard InChI is InChI=1S/C16H19F3N4O3/c1-10(24)23-6-4-22(5-7-23)9-14(26)20-8-13(25)21-12-3-2-11(17)15(18)16(12)19/h2-3H,4-9H2,1H3,(H,20,26)(H,21,25). The molecule has 1 aliphatic rings. The number of amides is 3. The van der Waals surface area contributed by atoms with Crippen molar-refractivity contribution in [2.45, 2.75) is 6.92 Å². The smallest absolute Gasteiger partial charge is 0.243 e. The van der Waals surface area contributed by atoms with Crippen LogP contribution >= 0.6 is 0 Å². The molecule has 10 heteroatoms.